The number of fused-ring (bicyclic) bond motifs is 1. The number of rotatable bonds is 1. The Morgan fingerprint density at radius 3 is 2.94 bits per heavy atom. The van der Waals surface area contributed by atoms with E-state index in [-0.39, 0.29) is 5.78 Å². The molecule has 18 heavy (non-hydrogen) atoms. The molecule has 1 aliphatic rings. The summed E-state index contributed by atoms with van der Waals surface area (Å²) in [7, 11) is 0. The third-order valence-electron chi connectivity index (χ3n) is 3.39. The number of benzene rings is 1. The fourth-order valence-corrected chi connectivity index (χ4v) is 2.51. The lowest BCUT2D eigenvalue weighted by Gasteiger charge is -2.13. The van der Waals surface area contributed by atoms with Crippen molar-refractivity contribution in [2.75, 3.05) is 0 Å². The predicted octanol–water partition coefficient (Wildman–Crippen LogP) is 3.35. The lowest BCUT2D eigenvalue weighted by atomic mass is 9.97. The highest BCUT2D eigenvalue weighted by atomic mass is 35.5. The monoisotopic (exact) mass is 260 g/mol. The van der Waals surface area contributed by atoms with Gasteiger partial charge >= 0.3 is 0 Å². The second kappa shape index (κ2) is 4.25. The van der Waals surface area contributed by atoms with Crippen LogP contribution in [0.25, 0.3) is 5.69 Å². The van der Waals surface area contributed by atoms with Crippen LogP contribution < -0.4 is 0 Å². The molecular weight excluding hydrogens is 248 g/mol. The molecule has 1 aromatic heterocycles. The topological polar surface area (TPSA) is 34.9 Å². The summed E-state index contributed by atoms with van der Waals surface area (Å²) in [6.07, 6.45) is 4.10. The number of aryl methyl sites for hydroxylation is 1. The fourth-order valence-electron chi connectivity index (χ4n) is 2.33. The molecular formula is C14H13ClN2O. The minimum atomic E-state index is 0.195. The standard InChI is InChI=1S/C14H13ClN2O/c1-9-5-6-10(7-12(9)15)17-13-3-2-4-14(18)11(13)8-16-17/h5-8H,2-4H2,1H3. The lowest BCUT2D eigenvalue weighted by Crippen LogP contribution is -2.12. The maximum atomic E-state index is 11.8. The summed E-state index contributed by atoms with van der Waals surface area (Å²) >= 11 is 6.13. The zero-order valence-corrected chi connectivity index (χ0v) is 10.9. The van der Waals surface area contributed by atoms with E-state index in [0.29, 0.717) is 6.42 Å². The zero-order chi connectivity index (χ0) is 12.7. The Morgan fingerprint density at radius 2 is 2.17 bits per heavy atom. The molecule has 92 valence electrons. The lowest BCUT2D eigenvalue weighted by molar-refractivity contribution is 0.0972. The summed E-state index contributed by atoms with van der Waals surface area (Å²) in [5.41, 5.74) is 3.73. The normalized spacial score (nSPS) is 14.7. The molecule has 0 spiro atoms. The molecule has 1 aliphatic carbocycles. The molecule has 0 bridgehead atoms. The van der Waals surface area contributed by atoms with Crippen molar-refractivity contribution >= 4 is 17.4 Å². The molecule has 3 nitrogen and oxygen atoms in total. The van der Waals surface area contributed by atoms with Crippen molar-refractivity contribution in [3.63, 3.8) is 0 Å². The quantitative estimate of drug-likeness (QED) is 0.788. The third-order valence-corrected chi connectivity index (χ3v) is 3.79. The van der Waals surface area contributed by atoms with Crippen LogP contribution in [0.15, 0.2) is 24.4 Å². The van der Waals surface area contributed by atoms with E-state index in [1.807, 2.05) is 29.8 Å². The van der Waals surface area contributed by atoms with E-state index < -0.39 is 0 Å². The summed E-state index contributed by atoms with van der Waals surface area (Å²) in [6.45, 7) is 1.97. The average molecular weight is 261 g/mol. The first-order valence-corrected chi connectivity index (χ1v) is 6.41. The molecule has 1 heterocycles. The number of aromatic nitrogens is 2. The van der Waals surface area contributed by atoms with Gasteiger partial charge in [-0.25, -0.2) is 4.68 Å². The molecule has 0 saturated carbocycles. The molecule has 0 aliphatic heterocycles. The molecule has 3 rings (SSSR count). The van der Waals surface area contributed by atoms with Crippen molar-refractivity contribution in [2.45, 2.75) is 26.2 Å². The Labute approximate surface area is 110 Å². The Kier molecular flexibility index (Phi) is 2.71. The number of nitrogens with zero attached hydrogens (tertiary/aromatic N) is 2. The van der Waals surface area contributed by atoms with Crippen LogP contribution in [0.2, 0.25) is 5.02 Å². The highest BCUT2D eigenvalue weighted by Gasteiger charge is 2.22. The van der Waals surface area contributed by atoms with Crippen molar-refractivity contribution in [3.8, 4) is 5.69 Å². The largest absolute Gasteiger partial charge is 0.294 e. The molecule has 0 fully saturated rings. The summed E-state index contributed by atoms with van der Waals surface area (Å²) < 4.78 is 1.83. The number of carbonyl (C=O) groups is 1. The van der Waals surface area contributed by atoms with Crippen LogP contribution >= 0.6 is 11.6 Å². The van der Waals surface area contributed by atoms with Crippen molar-refractivity contribution in [3.05, 3.63) is 46.2 Å². The molecule has 0 N–H and O–H groups in total. The van der Waals surface area contributed by atoms with Gasteiger partial charge in [-0.1, -0.05) is 17.7 Å². The fraction of sp³-hybridized carbons (Fsp3) is 0.286. The summed E-state index contributed by atoms with van der Waals surface area (Å²) in [4.78, 5) is 11.8. The highest BCUT2D eigenvalue weighted by Crippen LogP contribution is 2.25. The van der Waals surface area contributed by atoms with Crippen molar-refractivity contribution < 1.29 is 4.79 Å². The number of hydrogen-bond donors (Lipinski definition) is 0. The van der Waals surface area contributed by atoms with Gasteiger partial charge in [0.25, 0.3) is 0 Å². The van der Waals surface area contributed by atoms with E-state index in [0.717, 1.165) is 40.4 Å². The molecule has 0 atom stereocenters. The molecule has 0 saturated heterocycles. The number of halogens is 1. The van der Waals surface area contributed by atoms with Gasteiger partial charge in [-0.2, -0.15) is 5.10 Å². The summed E-state index contributed by atoms with van der Waals surface area (Å²) in [5, 5.41) is 5.05. The van der Waals surface area contributed by atoms with Crippen molar-refractivity contribution in [1.82, 2.24) is 9.78 Å². The van der Waals surface area contributed by atoms with Gasteiger partial charge in [-0.3, -0.25) is 4.79 Å². The van der Waals surface area contributed by atoms with Crippen molar-refractivity contribution in [1.29, 1.82) is 0 Å². The number of carbonyl (C=O) groups excluding carboxylic acids is 1. The van der Waals surface area contributed by atoms with Gasteiger partial charge < -0.3 is 0 Å². The van der Waals surface area contributed by atoms with Crippen molar-refractivity contribution in [2.24, 2.45) is 0 Å². The van der Waals surface area contributed by atoms with Gasteiger partial charge in [0.15, 0.2) is 5.78 Å². The van der Waals surface area contributed by atoms with Gasteiger partial charge in [0.2, 0.25) is 0 Å². The van der Waals surface area contributed by atoms with Crippen LogP contribution in [-0.4, -0.2) is 15.6 Å². The zero-order valence-electron chi connectivity index (χ0n) is 10.1. The third kappa shape index (κ3) is 1.75. The Hall–Kier alpha value is -1.61. The minimum Gasteiger partial charge on any atom is -0.294 e. The maximum Gasteiger partial charge on any atom is 0.166 e. The highest BCUT2D eigenvalue weighted by molar-refractivity contribution is 6.31. The summed E-state index contributed by atoms with van der Waals surface area (Å²) in [6, 6.07) is 5.84. The maximum absolute atomic E-state index is 11.8. The van der Waals surface area contributed by atoms with E-state index in [2.05, 4.69) is 5.10 Å². The second-order valence-corrected chi connectivity index (χ2v) is 5.03. The number of Topliss-reactive ketones (excluding diaryl/α,β-unsaturated/α-hetero) is 1. The van der Waals surface area contributed by atoms with E-state index in [1.165, 1.54) is 0 Å². The van der Waals surface area contributed by atoms with Crippen LogP contribution in [0, 0.1) is 6.92 Å². The van der Waals surface area contributed by atoms with Crippen LogP contribution in [0.4, 0.5) is 0 Å². The van der Waals surface area contributed by atoms with E-state index in [9.17, 15) is 4.79 Å². The predicted molar refractivity (Wildman–Crippen MR) is 70.6 cm³/mol. The van der Waals surface area contributed by atoms with Crippen LogP contribution in [0.5, 0.6) is 0 Å². The first-order chi connectivity index (χ1) is 8.66. The molecule has 2 aromatic rings. The van der Waals surface area contributed by atoms with Crippen LogP contribution in [0.3, 0.4) is 0 Å². The second-order valence-electron chi connectivity index (χ2n) is 4.63. The first kappa shape index (κ1) is 11.5. The van der Waals surface area contributed by atoms with Gasteiger partial charge in [0, 0.05) is 11.4 Å². The molecule has 0 radical (unpaired) electrons. The molecule has 1 aromatic carbocycles. The van der Waals surface area contributed by atoms with E-state index in [1.54, 1.807) is 6.20 Å². The van der Waals surface area contributed by atoms with Gasteiger partial charge in [0.05, 0.1) is 23.1 Å². The summed E-state index contributed by atoms with van der Waals surface area (Å²) in [5.74, 6) is 0.195. The Balaban J connectivity index is 2.12. The smallest absolute Gasteiger partial charge is 0.166 e. The molecule has 0 amide bonds. The van der Waals surface area contributed by atoms with Gasteiger partial charge in [-0.05, 0) is 37.5 Å². The first-order valence-electron chi connectivity index (χ1n) is 6.03. The molecule has 0 unspecified atom stereocenters. The van der Waals surface area contributed by atoms with E-state index >= 15 is 0 Å². The molecule has 4 heteroatoms. The van der Waals surface area contributed by atoms with E-state index in [4.69, 9.17) is 11.6 Å². The minimum absolute atomic E-state index is 0.195. The van der Waals surface area contributed by atoms with Crippen LogP contribution in [-0.2, 0) is 6.42 Å². The van der Waals surface area contributed by atoms with Gasteiger partial charge in [0.1, 0.15) is 0 Å². The number of hydrogen-bond acceptors (Lipinski definition) is 2. The Morgan fingerprint density at radius 1 is 1.33 bits per heavy atom. The number of ketones is 1. The Bertz CT molecular complexity index is 631. The average Bonchev–Trinajstić information content (AvgIpc) is 2.78. The SMILES string of the molecule is Cc1ccc(-n2ncc3c2CCCC3=O)cc1Cl. The van der Waals surface area contributed by atoms with Gasteiger partial charge in [-0.15, -0.1) is 0 Å². The van der Waals surface area contributed by atoms with Crippen LogP contribution in [0.1, 0.15) is 34.5 Å².